The summed E-state index contributed by atoms with van der Waals surface area (Å²) in [5, 5.41) is 1.88. The lowest BCUT2D eigenvalue weighted by Gasteiger charge is -2.20. The zero-order chi connectivity index (χ0) is 13.1. The Kier molecular flexibility index (Phi) is 4.17. The van der Waals surface area contributed by atoms with Gasteiger partial charge in [-0.25, -0.2) is 4.79 Å². The Morgan fingerprint density at radius 2 is 2.11 bits per heavy atom. The summed E-state index contributed by atoms with van der Waals surface area (Å²) in [6.45, 7) is 1.98. The van der Waals surface area contributed by atoms with Gasteiger partial charge in [0.05, 0.1) is 12.7 Å². The fourth-order valence-electron chi connectivity index (χ4n) is 2.44. The van der Waals surface area contributed by atoms with E-state index in [1.54, 1.807) is 11.3 Å². The third kappa shape index (κ3) is 2.80. The van der Waals surface area contributed by atoms with Crippen LogP contribution in [0.3, 0.4) is 0 Å². The first kappa shape index (κ1) is 13.3. The van der Waals surface area contributed by atoms with Gasteiger partial charge in [0, 0.05) is 23.1 Å². The first-order valence-corrected chi connectivity index (χ1v) is 7.16. The summed E-state index contributed by atoms with van der Waals surface area (Å²) in [4.78, 5) is 24.0. The number of carbonyl (C=O) groups excluding carboxylic acids is 2. The van der Waals surface area contributed by atoms with Crippen LogP contribution in [0, 0.1) is 12.8 Å². The van der Waals surface area contributed by atoms with Gasteiger partial charge in [-0.05, 0) is 37.7 Å². The molecule has 3 nitrogen and oxygen atoms in total. The van der Waals surface area contributed by atoms with E-state index in [0.717, 1.165) is 37.7 Å². The average Bonchev–Trinajstić information content (AvgIpc) is 2.73. The molecule has 0 saturated heterocycles. The van der Waals surface area contributed by atoms with Crippen molar-refractivity contribution in [3.8, 4) is 0 Å². The molecule has 2 rings (SSSR count). The standard InChI is InChI=1S/C14H18O3S/c1-9-12(14(16)17-2)8-18-13(9)7-10-3-5-11(15)6-4-10/h8,10H,3-7H2,1-2H3. The molecule has 18 heavy (non-hydrogen) atoms. The molecule has 1 aliphatic rings. The van der Waals surface area contributed by atoms with Crippen LogP contribution < -0.4 is 0 Å². The molecule has 1 aliphatic carbocycles. The number of carbonyl (C=O) groups is 2. The highest BCUT2D eigenvalue weighted by molar-refractivity contribution is 7.10. The van der Waals surface area contributed by atoms with Gasteiger partial charge in [-0.3, -0.25) is 4.79 Å². The predicted molar refractivity (Wildman–Crippen MR) is 71.1 cm³/mol. The third-order valence-electron chi connectivity index (χ3n) is 3.68. The van der Waals surface area contributed by atoms with Gasteiger partial charge < -0.3 is 4.74 Å². The van der Waals surface area contributed by atoms with Crippen molar-refractivity contribution in [1.29, 1.82) is 0 Å². The lowest BCUT2D eigenvalue weighted by atomic mass is 9.85. The Morgan fingerprint density at radius 1 is 1.44 bits per heavy atom. The Balaban J connectivity index is 2.04. The highest BCUT2D eigenvalue weighted by Gasteiger charge is 2.22. The average molecular weight is 266 g/mol. The Bertz CT molecular complexity index is 452. The molecule has 0 bridgehead atoms. The van der Waals surface area contributed by atoms with E-state index in [0.29, 0.717) is 17.3 Å². The molecule has 1 aromatic rings. The lowest BCUT2D eigenvalue weighted by Crippen LogP contribution is -2.15. The number of hydrogen-bond donors (Lipinski definition) is 0. The molecule has 1 fully saturated rings. The smallest absolute Gasteiger partial charge is 0.338 e. The van der Waals surface area contributed by atoms with E-state index in [9.17, 15) is 9.59 Å². The molecule has 0 aliphatic heterocycles. The molecule has 98 valence electrons. The topological polar surface area (TPSA) is 43.4 Å². The molecule has 0 unspecified atom stereocenters. The number of rotatable bonds is 3. The van der Waals surface area contributed by atoms with Crippen LogP contribution in [0.2, 0.25) is 0 Å². The van der Waals surface area contributed by atoms with Crippen molar-refractivity contribution in [2.75, 3.05) is 7.11 Å². The highest BCUT2D eigenvalue weighted by Crippen LogP contribution is 2.30. The number of methoxy groups -OCH3 is 1. The maximum Gasteiger partial charge on any atom is 0.338 e. The van der Waals surface area contributed by atoms with Crippen molar-refractivity contribution in [3.05, 3.63) is 21.4 Å². The summed E-state index contributed by atoms with van der Waals surface area (Å²) >= 11 is 1.63. The van der Waals surface area contributed by atoms with Crippen LogP contribution in [0.5, 0.6) is 0 Å². The lowest BCUT2D eigenvalue weighted by molar-refractivity contribution is -0.120. The first-order chi connectivity index (χ1) is 8.61. The van der Waals surface area contributed by atoms with Gasteiger partial charge in [0.1, 0.15) is 5.78 Å². The summed E-state index contributed by atoms with van der Waals surface area (Å²) in [5.74, 6) is 0.726. The monoisotopic (exact) mass is 266 g/mol. The molecular formula is C14H18O3S. The highest BCUT2D eigenvalue weighted by atomic mass is 32.1. The molecule has 1 heterocycles. The van der Waals surface area contributed by atoms with Crippen LogP contribution in [0.25, 0.3) is 0 Å². The minimum Gasteiger partial charge on any atom is -0.465 e. The largest absolute Gasteiger partial charge is 0.465 e. The van der Waals surface area contributed by atoms with Gasteiger partial charge in [-0.2, -0.15) is 0 Å². The van der Waals surface area contributed by atoms with Gasteiger partial charge in [0.25, 0.3) is 0 Å². The molecular weight excluding hydrogens is 248 g/mol. The molecule has 1 aromatic heterocycles. The second kappa shape index (κ2) is 5.65. The SMILES string of the molecule is COC(=O)c1csc(CC2CCC(=O)CC2)c1C. The van der Waals surface area contributed by atoms with Gasteiger partial charge in [-0.1, -0.05) is 0 Å². The molecule has 0 aromatic carbocycles. The fraction of sp³-hybridized carbons (Fsp3) is 0.571. The fourth-order valence-corrected chi connectivity index (χ4v) is 3.59. The third-order valence-corrected chi connectivity index (χ3v) is 4.79. The molecule has 4 heteroatoms. The number of ketones is 1. The maximum absolute atomic E-state index is 11.5. The van der Waals surface area contributed by atoms with Crippen LogP contribution in [0.4, 0.5) is 0 Å². The summed E-state index contributed by atoms with van der Waals surface area (Å²) < 4.78 is 4.76. The first-order valence-electron chi connectivity index (χ1n) is 6.28. The minimum absolute atomic E-state index is 0.256. The number of Topliss-reactive ketones (excluding diaryl/α,β-unsaturated/α-hetero) is 1. The van der Waals surface area contributed by atoms with Crippen LogP contribution in [0.15, 0.2) is 5.38 Å². The molecule has 0 N–H and O–H groups in total. The molecule has 0 radical (unpaired) electrons. The Hall–Kier alpha value is -1.16. The van der Waals surface area contributed by atoms with E-state index in [4.69, 9.17) is 4.74 Å². The summed E-state index contributed by atoms with van der Waals surface area (Å²) in [6.07, 6.45) is 4.41. The van der Waals surface area contributed by atoms with Crippen molar-refractivity contribution >= 4 is 23.1 Å². The second-order valence-corrected chi connectivity index (χ2v) is 5.84. The zero-order valence-electron chi connectivity index (χ0n) is 10.8. The quantitative estimate of drug-likeness (QED) is 0.789. The molecule has 1 saturated carbocycles. The zero-order valence-corrected chi connectivity index (χ0v) is 11.6. The van der Waals surface area contributed by atoms with Crippen molar-refractivity contribution in [2.45, 2.75) is 39.0 Å². The van der Waals surface area contributed by atoms with E-state index >= 15 is 0 Å². The van der Waals surface area contributed by atoms with E-state index < -0.39 is 0 Å². The minimum atomic E-state index is -0.256. The number of esters is 1. The van der Waals surface area contributed by atoms with Crippen LogP contribution in [-0.4, -0.2) is 18.9 Å². The maximum atomic E-state index is 11.5. The number of thiophene rings is 1. The van der Waals surface area contributed by atoms with Crippen molar-refractivity contribution in [2.24, 2.45) is 5.92 Å². The van der Waals surface area contributed by atoms with E-state index in [1.165, 1.54) is 12.0 Å². The number of ether oxygens (including phenoxy) is 1. The van der Waals surface area contributed by atoms with E-state index in [-0.39, 0.29) is 5.97 Å². The predicted octanol–water partition coefficient (Wildman–Crippen LogP) is 3.14. The summed E-state index contributed by atoms with van der Waals surface area (Å²) in [7, 11) is 1.41. The van der Waals surface area contributed by atoms with Crippen molar-refractivity contribution in [1.82, 2.24) is 0 Å². The van der Waals surface area contributed by atoms with Crippen LogP contribution in [-0.2, 0) is 16.0 Å². The van der Waals surface area contributed by atoms with Crippen molar-refractivity contribution in [3.63, 3.8) is 0 Å². The Morgan fingerprint density at radius 3 is 2.72 bits per heavy atom. The van der Waals surface area contributed by atoms with Gasteiger partial charge in [0.15, 0.2) is 0 Å². The van der Waals surface area contributed by atoms with E-state index in [1.807, 2.05) is 12.3 Å². The normalized spacial score (nSPS) is 16.9. The van der Waals surface area contributed by atoms with E-state index in [2.05, 4.69) is 0 Å². The Labute approximate surface area is 111 Å². The second-order valence-electron chi connectivity index (χ2n) is 4.88. The van der Waals surface area contributed by atoms with Gasteiger partial charge in [-0.15, -0.1) is 11.3 Å². The van der Waals surface area contributed by atoms with Gasteiger partial charge in [0.2, 0.25) is 0 Å². The molecule has 0 atom stereocenters. The molecule has 0 spiro atoms. The van der Waals surface area contributed by atoms with Crippen molar-refractivity contribution < 1.29 is 14.3 Å². The summed E-state index contributed by atoms with van der Waals surface area (Å²) in [6, 6.07) is 0. The van der Waals surface area contributed by atoms with Crippen LogP contribution >= 0.6 is 11.3 Å². The summed E-state index contributed by atoms with van der Waals surface area (Å²) in [5.41, 5.74) is 1.73. The number of hydrogen-bond acceptors (Lipinski definition) is 4. The van der Waals surface area contributed by atoms with Gasteiger partial charge >= 0.3 is 5.97 Å². The van der Waals surface area contributed by atoms with Crippen LogP contribution in [0.1, 0.15) is 46.5 Å². The molecule has 0 amide bonds.